The number of nitrogens with two attached hydrogens (primary N) is 1. The summed E-state index contributed by atoms with van der Waals surface area (Å²) in [4.78, 5) is 11.9. The third-order valence-corrected chi connectivity index (χ3v) is 3.37. The van der Waals surface area contributed by atoms with Gasteiger partial charge in [-0.2, -0.15) is 0 Å². The van der Waals surface area contributed by atoms with E-state index in [0.717, 1.165) is 24.0 Å². The Labute approximate surface area is 102 Å². The molecule has 0 heterocycles. The molecule has 3 heteroatoms. The standard InChI is InChI=1S/C14H20N2O/c1-10-6-7-13(15)11(8-10)9-14(17)16-12-4-2-3-5-12/h6-8,12H,2-5,9,15H2,1H3,(H,16,17). The van der Waals surface area contributed by atoms with Gasteiger partial charge in [-0.15, -0.1) is 0 Å². The lowest BCUT2D eigenvalue weighted by Crippen LogP contribution is -2.33. The van der Waals surface area contributed by atoms with Crippen LogP contribution in [0.2, 0.25) is 0 Å². The van der Waals surface area contributed by atoms with Crippen molar-refractivity contribution in [3.8, 4) is 0 Å². The number of carbonyl (C=O) groups excluding carboxylic acids is 1. The van der Waals surface area contributed by atoms with Gasteiger partial charge in [-0.05, 0) is 31.4 Å². The molecule has 92 valence electrons. The minimum atomic E-state index is 0.0919. The van der Waals surface area contributed by atoms with Gasteiger partial charge in [-0.1, -0.05) is 30.5 Å². The monoisotopic (exact) mass is 232 g/mol. The normalized spacial score (nSPS) is 16.1. The van der Waals surface area contributed by atoms with Gasteiger partial charge in [-0.25, -0.2) is 0 Å². The Balaban J connectivity index is 1.95. The highest BCUT2D eigenvalue weighted by Gasteiger charge is 2.17. The first kappa shape index (κ1) is 12.0. The second-order valence-corrected chi connectivity index (χ2v) is 4.93. The molecular formula is C14H20N2O. The summed E-state index contributed by atoms with van der Waals surface area (Å²) in [7, 11) is 0. The largest absolute Gasteiger partial charge is 0.398 e. The zero-order valence-corrected chi connectivity index (χ0v) is 10.3. The van der Waals surface area contributed by atoms with E-state index < -0.39 is 0 Å². The van der Waals surface area contributed by atoms with E-state index in [-0.39, 0.29) is 5.91 Å². The molecule has 1 aliphatic rings. The molecule has 0 unspecified atom stereocenters. The summed E-state index contributed by atoms with van der Waals surface area (Å²) < 4.78 is 0. The van der Waals surface area contributed by atoms with Crippen LogP contribution in [-0.4, -0.2) is 11.9 Å². The van der Waals surface area contributed by atoms with Gasteiger partial charge in [0.25, 0.3) is 0 Å². The summed E-state index contributed by atoms with van der Waals surface area (Å²) in [6.45, 7) is 2.01. The van der Waals surface area contributed by atoms with Crippen LogP contribution < -0.4 is 11.1 Å². The molecule has 2 rings (SSSR count). The molecule has 3 N–H and O–H groups in total. The first-order chi connectivity index (χ1) is 8.15. The summed E-state index contributed by atoms with van der Waals surface area (Å²) in [6, 6.07) is 6.21. The number of hydrogen-bond donors (Lipinski definition) is 2. The molecule has 1 aromatic rings. The molecule has 1 aliphatic carbocycles. The summed E-state index contributed by atoms with van der Waals surface area (Å²) in [5, 5.41) is 3.08. The number of nitrogens with one attached hydrogen (secondary N) is 1. The number of aryl methyl sites for hydroxylation is 1. The first-order valence-corrected chi connectivity index (χ1v) is 6.29. The van der Waals surface area contributed by atoms with Gasteiger partial charge < -0.3 is 11.1 Å². The first-order valence-electron chi connectivity index (χ1n) is 6.29. The van der Waals surface area contributed by atoms with Crippen molar-refractivity contribution in [2.75, 3.05) is 5.73 Å². The Bertz CT molecular complexity index is 409. The van der Waals surface area contributed by atoms with Crippen molar-refractivity contribution >= 4 is 11.6 Å². The van der Waals surface area contributed by atoms with Gasteiger partial charge in [0.05, 0.1) is 6.42 Å². The third-order valence-electron chi connectivity index (χ3n) is 3.37. The van der Waals surface area contributed by atoms with Gasteiger partial charge in [-0.3, -0.25) is 4.79 Å². The van der Waals surface area contributed by atoms with Gasteiger partial charge in [0.2, 0.25) is 5.91 Å². The van der Waals surface area contributed by atoms with Gasteiger partial charge >= 0.3 is 0 Å². The molecule has 0 aliphatic heterocycles. The van der Waals surface area contributed by atoms with E-state index in [1.54, 1.807) is 0 Å². The van der Waals surface area contributed by atoms with Crippen molar-refractivity contribution in [2.45, 2.75) is 45.1 Å². The van der Waals surface area contributed by atoms with Crippen LogP contribution in [0.25, 0.3) is 0 Å². The molecule has 17 heavy (non-hydrogen) atoms. The van der Waals surface area contributed by atoms with Crippen LogP contribution in [-0.2, 0) is 11.2 Å². The number of hydrogen-bond acceptors (Lipinski definition) is 2. The van der Waals surface area contributed by atoms with Crippen molar-refractivity contribution in [3.63, 3.8) is 0 Å². The highest BCUT2D eigenvalue weighted by Crippen LogP contribution is 2.18. The lowest BCUT2D eigenvalue weighted by Gasteiger charge is -2.13. The third kappa shape index (κ3) is 3.22. The number of amides is 1. The van der Waals surface area contributed by atoms with Crippen LogP contribution >= 0.6 is 0 Å². The van der Waals surface area contributed by atoms with Gasteiger partial charge in [0.1, 0.15) is 0 Å². The zero-order valence-electron chi connectivity index (χ0n) is 10.3. The number of anilines is 1. The maximum Gasteiger partial charge on any atom is 0.224 e. The molecular weight excluding hydrogens is 212 g/mol. The molecule has 0 aromatic heterocycles. The van der Waals surface area contributed by atoms with E-state index in [1.165, 1.54) is 12.8 Å². The highest BCUT2D eigenvalue weighted by molar-refractivity contribution is 5.80. The fourth-order valence-corrected chi connectivity index (χ4v) is 2.41. The van der Waals surface area contributed by atoms with Crippen LogP contribution in [0.3, 0.4) is 0 Å². The molecule has 0 radical (unpaired) electrons. The quantitative estimate of drug-likeness (QED) is 0.785. The summed E-state index contributed by atoms with van der Waals surface area (Å²) in [5.41, 5.74) is 8.64. The van der Waals surface area contributed by atoms with Crippen LogP contribution in [0, 0.1) is 6.92 Å². The van der Waals surface area contributed by atoms with Crippen LogP contribution in [0.5, 0.6) is 0 Å². The molecule has 1 fully saturated rings. The molecule has 0 saturated heterocycles. The zero-order chi connectivity index (χ0) is 12.3. The summed E-state index contributed by atoms with van der Waals surface area (Å²) in [6.07, 6.45) is 5.10. The van der Waals surface area contributed by atoms with Crippen molar-refractivity contribution in [1.82, 2.24) is 5.32 Å². The fourth-order valence-electron chi connectivity index (χ4n) is 2.41. The summed E-state index contributed by atoms with van der Waals surface area (Å²) >= 11 is 0. The highest BCUT2D eigenvalue weighted by atomic mass is 16.1. The maximum absolute atomic E-state index is 11.9. The second kappa shape index (κ2) is 5.21. The number of carbonyl (C=O) groups is 1. The average molecular weight is 232 g/mol. The van der Waals surface area contributed by atoms with E-state index in [2.05, 4.69) is 5.32 Å². The number of rotatable bonds is 3. The van der Waals surface area contributed by atoms with E-state index in [0.29, 0.717) is 18.2 Å². The molecule has 3 nitrogen and oxygen atoms in total. The molecule has 1 saturated carbocycles. The molecule has 1 aromatic carbocycles. The topological polar surface area (TPSA) is 55.1 Å². The Morgan fingerprint density at radius 2 is 2.12 bits per heavy atom. The maximum atomic E-state index is 11.9. The fraction of sp³-hybridized carbons (Fsp3) is 0.500. The van der Waals surface area contributed by atoms with E-state index in [1.807, 2.05) is 25.1 Å². The Morgan fingerprint density at radius 1 is 1.41 bits per heavy atom. The SMILES string of the molecule is Cc1ccc(N)c(CC(=O)NC2CCCC2)c1. The van der Waals surface area contributed by atoms with Crippen molar-refractivity contribution in [3.05, 3.63) is 29.3 Å². The van der Waals surface area contributed by atoms with Crippen molar-refractivity contribution in [2.24, 2.45) is 0 Å². The number of nitrogen functional groups attached to an aromatic ring is 1. The Morgan fingerprint density at radius 3 is 2.82 bits per heavy atom. The molecule has 0 atom stereocenters. The van der Waals surface area contributed by atoms with Gasteiger partial charge in [0.15, 0.2) is 0 Å². The Kier molecular flexibility index (Phi) is 3.67. The minimum Gasteiger partial charge on any atom is -0.398 e. The Hall–Kier alpha value is -1.51. The average Bonchev–Trinajstić information content (AvgIpc) is 2.76. The van der Waals surface area contributed by atoms with E-state index in [9.17, 15) is 4.79 Å². The predicted octanol–water partition coefficient (Wildman–Crippen LogP) is 2.18. The lowest BCUT2D eigenvalue weighted by atomic mass is 10.1. The molecule has 1 amide bonds. The minimum absolute atomic E-state index is 0.0919. The lowest BCUT2D eigenvalue weighted by molar-refractivity contribution is -0.121. The molecule has 0 bridgehead atoms. The van der Waals surface area contributed by atoms with Crippen LogP contribution in [0.15, 0.2) is 18.2 Å². The number of benzene rings is 1. The predicted molar refractivity (Wildman–Crippen MR) is 69.7 cm³/mol. The smallest absolute Gasteiger partial charge is 0.224 e. The van der Waals surface area contributed by atoms with Crippen LogP contribution in [0.1, 0.15) is 36.8 Å². The van der Waals surface area contributed by atoms with Crippen molar-refractivity contribution < 1.29 is 4.79 Å². The van der Waals surface area contributed by atoms with E-state index >= 15 is 0 Å². The van der Waals surface area contributed by atoms with Gasteiger partial charge in [0, 0.05) is 11.7 Å². The van der Waals surface area contributed by atoms with Crippen LogP contribution in [0.4, 0.5) is 5.69 Å². The molecule has 0 spiro atoms. The van der Waals surface area contributed by atoms with Crippen molar-refractivity contribution in [1.29, 1.82) is 0 Å². The van der Waals surface area contributed by atoms with E-state index in [4.69, 9.17) is 5.73 Å². The summed E-state index contributed by atoms with van der Waals surface area (Å²) in [5.74, 6) is 0.0919. The second-order valence-electron chi connectivity index (χ2n) is 4.93.